The van der Waals surface area contributed by atoms with Crippen LogP contribution in [-0.4, -0.2) is 12.1 Å². The van der Waals surface area contributed by atoms with Crippen LogP contribution in [0.2, 0.25) is 0 Å². The normalized spacial score (nSPS) is 11.6. The van der Waals surface area contributed by atoms with Crippen LogP contribution in [0.25, 0.3) is 0 Å². The number of nitrogens with zero attached hydrogens (tertiary/aromatic N) is 1. The van der Waals surface area contributed by atoms with E-state index in [1.54, 1.807) is 6.92 Å². The van der Waals surface area contributed by atoms with Gasteiger partial charge in [-0.3, -0.25) is 0 Å². The van der Waals surface area contributed by atoms with Crippen molar-refractivity contribution in [2.24, 2.45) is 16.5 Å². The van der Waals surface area contributed by atoms with Gasteiger partial charge in [-0.15, -0.1) is 0 Å². The van der Waals surface area contributed by atoms with E-state index in [-0.39, 0.29) is 0 Å². The molecule has 1 atom stereocenters. The molecule has 0 aliphatic carbocycles. The second kappa shape index (κ2) is 7.17. The van der Waals surface area contributed by atoms with Crippen molar-refractivity contribution in [2.45, 2.75) is 19.1 Å². The second-order valence-corrected chi connectivity index (χ2v) is 3.42. The number of amides is 2. The SMILES string of the molecule is CC(N=C=O)c1ccc(C(F)(F)F)cc1.NC(N)=O. The molecule has 0 radical (unpaired) electrons. The van der Waals surface area contributed by atoms with Crippen LogP contribution < -0.4 is 11.5 Å². The first-order chi connectivity index (χ1) is 8.68. The molecular weight excluding hydrogens is 263 g/mol. The van der Waals surface area contributed by atoms with Crippen LogP contribution in [0.1, 0.15) is 24.1 Å². The minimum Gasteiger partial charge on any atom is -0.352 e. The maximum atomic E-state index is 12.2. The zero-order valence-electron chi connectivity index (χ0n) is 9.94. The molecule has 1 aromatic rings. The highest BCUT2D eigenvalue weighted by molar-refractivity contribution is 5.69. The fourth-order valence-corrected chi connectivity index (χ4v) is 1.10. The van der Waals surface area contributed by atoms with Gasteiger partial charge in [0.2, 0.25) is 6.08 Å². The second-order valence-electron chi connectivity index (χ2n) is 3.42. The van der Waals surface area contributed by atoms with Crippen molar-refractivity contribution in [3.8, 4) is 0 Å². The van der Waals surface area contributed by atoms with Gasteiger partial charge < -0.3 is 11.5 Å². The average Bonchev–Trinajstić information content (AvgIpc) is 2.27. The maximum absolute atomic E-state index is 12.2. The first-order valence-corrected chi connectivity index (χ1v) is 4.97. The Morgan fingerprint density at radius 1 is 1.26 bits per heavy atom. The minimum atomic E-state index is -4.34. The minimum absolute atomic E-state index is 0.468. The van der Waals surface area contributed by atoms with E-state index in [9.17, 15) is 18.0 Å². The third kappa shape index (κ3) is 6.85. The first-order valence-electron chi connectivity index (χ1n) is 4.97. The van der Waals surface area contributed by atoms with Gasteiger partial charge in [0.25, 0.3) is 0 Å². The van der Waals surface area contributed by atoms with Crippen molar-refractivity contribution in [1.29, 1.82) is 0 Å². The van der Waals surface area contributed by atoms with Crippen LogP contribution in [-0.2, 0) is 11.0 Å². The standard InChI is InChI=1S/C10H8F3NO.CH4N2O/c1-7(14-6-15)8-2-4-9(5-3-8)10(11,12)13;2-1(3)4/h2-5,7H,1H3;(H4,2,3,4). The fourth-order valence-electron chi connectivity index (χ4n) is 1.10. The van der Waals surface area contributed by atoms with E-state index in [0.29, 0.717) is 5.56 Å². The van der Waals surface area contributed by atoms with Gasteiger partial charge in [0.15, 0.2) is 0 Å². The van der Waals surface area contributed by atoms with Crippen molar-refractivity contribution in [2.75, 3.05) is 0 Å². The number of urea groups is 1. The molecule has 0 heterocycles. The quantitative estimate of drug-likeness (QED) is 0.638. The Morgan fingerprint density at radius 3 is 2.00 bits per heavy atom. The highest BCUT2D eigenvalue weighted by Crippen LogP contribution is 2.30. The number of hydrogen-bond acceptors (Lipinski definition) is 3. The van der Waals surface area contributed by atoms with E-state index < -0.39 is 23.8 Å². The molecule has 0 saturated carbocycles. The Bertz CT molecular complexity index is 461. The lowest BCUT2D eigenvalue weighted by molar-refractivity contribution is -0.137. The Hall–Kier alpha value is -2.34. The van der Waals surface area contributed by atoms with Gasteiger partial charge in [-0.05, 0) is 24.6 Å². The number of aliphatic imine (C=N–C) groups is 1. The largest absolute Gasteiger partial charge is 0.416 e. The number of halogens is 3. The van der Waals surface area contributed by atoms with Crippen molar-refractivity contribution in [3.05, 3.63) is 35.4 Å². The molecule has 0 aliphatic rings. The molecule has 0 spiro atoms. The number of primary amides is 2. The molecule has 0 bridgehead atoms. The molecule has 0 saturated heterocycles. The molecule has 0 aliphatic heterocycles. The summed E-state index contributed by atoms with van der Waals surface area (Å²) in [6.45, 7) is 1.60. The van der Waals surface area contributed by atoms with Gasteiger partial charge in [-0.25, -0.2) is 9.59 Å². The number of hydrogen-bond donors (Lipinski definition) is 2. The zero-order valence-corrected chi connectivity index (χ0v) is 9.94. The summed E-state index contributed by atoms with van der Waals surface area (Å²) in [5.74, 6) is 0. The summed E-state index contributed by atoms with van der Waals surface area (Å²) in [6, 6.07) is 3.23. The van der Waals surface area contributed by atoms with Gasteiger partial charge in [-0.1, -0.05) is 12.1 Å². The molecule has 2 amide bonds. The van der Waals surface area contributed by atoms with Crippen molar-refractivity contribution in [3.63, 3.8) is 0 Å². The van der Waals surface area contributed by atoms with E-state index in [1.165, 1.54) is 18.2 Å². The lowest BCUT2D eigenvalue weighted by atomic mass is 10.1. The molecule has 104 valence electrons. The molecule has 0 aromatic heterocycles. The van der Waals surface area contributed by atoms with Gasteiger partial charge in [0.05, 0.1) is 11.6 Å². The molecule has 1 rings (SSSR count). The number of isocyanates is 1. The first kappa shape index (κ1) is 16.7. The molecule has 4 N–H and O–H groups in total. The van der Waals surface area contributed by atoms with Crippen molar-refractivity contribution >= 4 is 12.1 Å². The maximum Gasteiger partial charge on any atom is 0.416 e. The molecule has 1 unspecified atom stereocenters. The van der Waals surface area contributed by atoms with Crippen LogP contribution in [0.5, 0.6) is 0 Å². The van der Waals surface area contributed by atoms with Crippen molar-refractivity contribution in [1.82, 2.24) is 0 Å². The average molecular weight is 275 g/mol. The van der Waals surface area contributed by atoms with E-state index in [2.05, 4.69) is 16.5 Å². The van der Waals surface area contributed by atoms with E-state index in [1.807, 2.05) is 0 Å². The smallest absolute Gasteiger partial charge is 0.352 e. The van der Waals surface area contributed by atoms with Crippen molar-refractivity contribution < 1.29 is 22.8 Å². The molecule has 1 aromatic carbocycles. The summed E-state index contributed by atoms with van der Waals surface area (Å²) >= 11 is 0. The highest BCUT2D eigenvalue weighted by atomic mass is 19.4. The van der Waals surface area contributed by atoms with E-state index >= 15 is 0 Å². The summed E-state index contributed by atoms with van der Waals surface area (Å²) in [5.41, 5.74) is 8.33. The van der Waals surface area contributed by atoms with Crippen LogP contribution in [0.3, 0.4) is 0 Å². The molecule has 19 heavy (non-hydrogen) atoms. The number of benzene rings is 1. The molecule has 0 fully saturated rings. The summed E-state index contributed by atoms with van der Waals surface area (Å²) in [6.07, 6.45) is -2.97. The topological polar surface area (TPSA) is 98.5 Å². The van der Waals surface area contributed by atoms with Crippen LogP contribution >= 0.6 is 0 Å². The predicted octanol–water partition coefficient (Wildman–Crippen LogP) is 2.13. The van der Waals surface area contributed by atoms with Gasteiger partial charge in [-0.2, -0.15) is 18.2 Å². The molecular formula is C11H12F3N3O2. The summed E-state index contributed by atoms with van der Waals surface area (Å²) in [4.78, 5) is 22.3. The lowest BCUT2D eigenvalue weighted by Crippen LogP contribution is -2.18. The number of nitrogens with two attached hydrogens (primary N) is 2. The summed E-state index contributed by atoms with van der Waals surface area (Å²) < 4.78 is 36.5. The van der Waals surface area contributed by atoms with Crippen LogP contribution in [0.15, 0.2) is 29.3 Å². The Morgan fingerprint density at radius 2 is 1.68 bits per heavy atom. The van der Waals surface area contributed by atoms with Gasteiger partial charge in [0.1, 0.15) is 0 Å². The Balaban J connectivity index is 0.000000711. The van der Waals surface area contributed by atoms with Gasteiger partial charge >= 0.3 is 12.2 Å². The van der Waals surface area contributed by atoms with E-state index in [0.717, 1.165) is 12.1 Å². The number of rotatable bonds is 2. The number of carbonyl (C=O) groups excluding carboxylic acids is 2. The van der Waals surface area contributed by atoms with Gasteiger partial charge in [0, 0.05) is 0 Å². The molecule has 8 heteroatoms. The highest BCUT2D eigenvalue weighted by Gasteiger charge is 2.30. The number of alkyl halides is 3. The summed E-state index contributed by atoms with van der Waals surface area (Å²) in [5, 5.41) is 0. The van der Waals surface area contributed by atoms with E-state index in [4.69, 9.17) is 4.79 Å². The monoisotopic (exact) mass is 275 g/mol. The van der Waals surface area contributed by atoms with Crippen LogP contribution in [0, 0.1) is 0 Å². The fraction of sp³-hybridized carbons (Fsp3) is 0.273. The zero-order chi connectivity index (χ0) is 15.1. The summed E-state index contributed by atoms with van der Waals surface area (Å²) in [7, 11) is 0. The Kier molecular flexibility index (Phi) is 6.29. The lowest BCUT2D eigenvalue weighted by Gasteiger charge is -2.08. The third-order valence-corrected chi connectivity index (χ3v) is 1.97. The number of carbonyl (C=O) groups is 1. The third-order valence-electron chi connectivity index (χ3n) is 1.97. The molecule has 5 nitrogen and oxygen atoms in total. The Labute approximate surface area is 107 Å². The van der Waals surface area contributed by atoms with Crippen LogP contribution in [0.4, 0.5) is 18.0 Å². The predicted molar refractivity (Wildman–Crippen MR) is 61.8 cm³/mol.